The lowest BCUT2D eigenvalue weighted by Gasteiger charge is -2.28. The number of pyridine rings is 1. The molecule has 0 spiro atoms. The van der Waals surface area contributed by atoms with Gasteiger partial charge in [-0.2, -0.15) is 0 Å². The zero-order valence-electron chi connectivity index (χ0n) is 15.3. The lowest BCUT2D eigenvalue weighted by molar-refractivity contribution is 0.102. The summed E-state index contributed by atoms with van der Waals surface area (Å²) in [4.78, 5) is 19.0. The van der Waals surface area contributed by atoms with Crippen LogP contribution < -0.4 is 15.0 Å². The molecule has 0 atom stereocenters. The normalized spacial score (nSPS) is 14.3. The van der Waals surface area contributed by atoms with Gasteiger partial charge < -0.3 is 19.7 Å². The Hall–Kier alpha value is -2.60. The number of ether oxygens (including phenoxy) is 2. The molecule has 1 amide bonds. The van der Waals surface area contributed by atoms with Crippen molar-refractivity contribution in [2.75, 3.05) is 43.1 Å². The average molecular weight is 355 g/mol. The Kier molecular flexibility index (Phi) is 6.07. The number of morpholine rings is 1. The second-order valence-electron chi connectivity index (χ2n) is 6.69. The zero-order chi connectivity index (χ0) is 18.4. The molecule has 0 unspecified atom stereocenters. The van der Waals surface area contributed by atoms with Crippen molar-refractivity contribution >= 4 is 17.4 Å². The summed E-state index contributed by atoms with van der Waals surface area (Å²) in [5.74, 6) is 1.45. The lowest BCUT2D eigenvalue weighted by atomic mass is 10.2. The van der Waals surface area contributed by atoms with Crippen LogP contribution in [0.3, 0.4) is 0 Å². The Morgan fingerprint density at radius 2 is 2.08 bits per heavy atom. The van der Waals surface area contributed by atoms with Crippen molar-refractivity contribution < 1.29 is 14.3 Å². The number of hydrogen-bond donors (Lipinski definition) is 1. The molecule has 1 saturated heterocycles. The summed E-state index contributed by atoms with van der Waals surface area (Å²) in [6.07, 6.45) is 1.78. The van der Waals surface area contributed by atoms with Gasteiger partial charge in [0.15, 0.2) is 0 Å². The molecular weight excluding hydrogens is 330 g/mol. The third kappa shape index (κ3) is 4.95. The van der Waals surface area contributed by atoms with Crippen LogP contribution in [0.2, 0.25) is 0 Å². The summed E-state index contributed by atoms with van der Waals surface area (Å²) < 4.78 is 11.0. The number of amides is 1. The number of carbonyl (C=O) groups excluding carboxylic acids is 1. The molecule has 6 nitrogen and oxygen atoms in total. The fourth-order valence-corrected chi connectivity index (χ4v) is 2.65. The van der Waals surface area contributed by atoms with E-state index < -0.39 is 0 Å². The molecule has 6 heteroatoms. The van der Waals surface area contributed by atoms with Gasteiger partial charge in [0.1, 0.15) is 11.6 Å². The molecule has 1 aliphatic heterocycles. The van der Waals surface area contributed by atoms with E-state index in [4.69, 9.17) is 9.47 Å². The van der Waals surface area contributed by atoms with Gasteiger partial charge in [-0.3, -0.25) is 4.79 Å². The van der Waals surface area contributed by atoms with Gasteiger partial charge >= 0.3 is 0 Å². The molecule has 1 aromatic heterocycles. The topological polar surface area (TPSA) is 63.7 Å². The number of nitrogens with zero attached hydrogens (tertiary/aromatic N) is 2. The van der Waals surface area contributed by atoms with Crippen LogP contribution in [0, 0.1) is 5.92 Å². The van der Waals surface area contributed by atoms with E-state index in [1.165, 1.54) is 0 Å². The minimum Gasteiger partial charge on any atom is -0.493 e. The van der Waals surface area contributed by atoms with E-state index in [1.54, 1.807) is 18.3 Å². The minimum atomic E-state index is -0.202. The van der Waals surface area contributed by atoms with Gasteiger partial charge in [-0.15, -0.1) is 0 Å². The van der Waals surface area contributed by atoms with Crippen molar-refractivity contribution in [1.29, 1.82) is 0 Å². The van der Waals surface area contributed by atoms with E-state index in [9.17, 15) is 4.79 Å². The number of nitrogens with one attached hydrogen (secondary N) is 1. The van der Waals surface area contributed by atoms with Gasteiger partial charge in [0.05, 0.1) is 31.7 Å². The third-order valence-electron chi connectivity index (χ3n) is 4.05. The smallest absolute Gasteiger partial charge is 0.256 e. The van der Waals surface area contributed by atoms with Gasteiger partial charge in [0.2, 0.25) is 0 Å². The fourth-order valence-electron chi connectivity index (χ4n) is 2.65. The molecule has 3 rings (SSSR count). The fraction of sp³-hybridized carbons (Fsp3) is 0.400. The Morgan fingerprint density at radius 3 is 2.77 bits per heavy atom. The quantitative estimate of drug-likeness (QED) is 0.862. The van der Waals surface area contributed by atoms with Crippen LogP contribution in [0.15, 0.2) is 42.6 Å². The summed E-state index contributed by atoms with van der Waals surface area (Å²) in [6, 6.07) is 11.0. The van der Waals surface area contributed by atoms with Crippen LogP contribution in [0.1, 0.15) is 24.2 Å². The first kappa shape index (κ1) is 18.2. The van der Waals surface area contributed by atoms with E-state index >= 15 is 0 Å². The molecule has 0 bridgehead atoms. The van der Waals surface area contributed by atoms with Crippen molar-refractivity contribution in [3.63, 3.8) is 0 Å². The van der Waals surface area contributed by atoms with Crippen LogP contribution >= 0.6 is 0 Å². The van der Waals surface area contributed by atoms with Crippen molar-refractivity contribution in [3.05, 3.63) is 48.2 Å². The van der Waals surface area contributed by atoms with Gasteiger partial charge in [-0.05, 0) is 36.2 Å². The maximum atomic E-state index is 12.5. The van der Waals surface area contributed by atoms with Crippen molar-refractivity contribution in [3.8, 4) is 5.75 Å². The van der Waals surface area contributed by atoms with Gasteiger partial charge in [-0.1, -0.05) is 19.9 Å². The first-order chi connectivity index (χ1) is 12.6. The highest BCUT2D eigenvalue weighted by atomic mass is 16.5. The maximum Gasteiger partial charge on any atom is 0.256 e. The standard InChI is InChI=1S/C20H25N3O3/c1-15(2)14-26-18-5-3-4-16(12-18)20(24)22-19-7-6-17(13-21-19)23-8-10-25-11-9-23/h3-7,12-13,15H,8-11,14H2,1-2H3,(H,21,22,24). The van der Waals surface area contributed by atoms with E-state index in [1.807, 2.05) is 24.3 Å². The summed E-state index contributed by atoms with van der Waals surface area (Å²) in [6.45, 7) is 7.97. The zero-order valence-corrected chi connectivity index (χ0v) is 15.3. The molecular formula is C20H25N3O3. The van der Waals surface area contributed by atoms with E-state index in [-0.39, 0.29) is 5.91 Å². The molecule has 1 aliphatic rings. The Morgan fingerprint density at radius 1 is 1.27 bits per heavy atom. The average Bonchev–Trinajstić information content (AvgIpc) is 2.68. The SMILES string of the molecule is CC(C)COc1cccc(C(=O)Nc2ccc(N3CCOCC3)cn2)c1. The molecule has 138 valence electrons. The number of anilines is 2. The molecule has 1 N–H and O–H groups in total. The number of carbonyl (C=O) groups is 1. The summed E-state index contributed by atoms with van der Waals surface area (Å²) in [5, 5.41) is 2.83. The number of rotatable bonds is 6. The van der Waals surface area contributed by atoms with Crippen LogP contribution in [0.5, 0.6) is 5.75 Å². The van der Waals surface area contributed by atoms with Gasteiger partial charge in [0, 0.05) is 18.7 Å². The second kappa shape index (κ2) is 8.67. The summed E-state index contributed by atoms with van der Waals surface area (Å²) >= 11 is 0. The van der Waals surface area contributed by atoms with E-state index in [0.717, 1.165) is 32.0 Å². The summed E-state index contributed by atoms with van der Waals surface area (Å²) in [7, 11) is 0. The Balaban J connectivity index is 1.61. The molecule has 2 aromatic rings. The van der Waals surface area contributed by atoms with E-state index in [2.05, 4.69) is 29.0 Å². The highest BCUT2D eigenvalue weighted by Gasteiger charge is 2.12. The Labute approximate surface area is 154 Å². The number of benzene rings is 1. The number of hydrogen-bond acceptors (Lipinski definition) is 5. The van der Waals surface area contributed by atoms with Crippen LogP contribution in [0.4, 0.5) is 11.5 Å². The number of aromatic nitrogens is 1. The van der Waals surface area contributed by atoms with Crippen LogP contribution in [0.25, 0.3) is 0 Å². The minimum absolute atomic E-state index is 0.202. The monoisotopic (exact) mass is 355 g/mol. The van der Waals surface area contributed by atoms with Crippen molar-refractivity contribution in [2.45, 2.75) is 13.8 Å². The highest BCUT2D eigenvalue weighted by Crippen LogP contribution is 2.18. The molecule has 0 radical (unpaired) electrons. The molecule has 0 aliphatic carbocycles. The second-order valence-corrected chi connectivity index (χ2v) is 6.69. The largest absolute Gasteiger partial charge is 0.493 e. The molecule has 26 heavy (non-hydrogen) atoms. The van der Waals surface area contributed by atoms with Crippen molar-refractivity contribution in [1.82, 2.24) is 4.98 Å². The highest BCUT2D eigenvalue weighted by molar-refractivity contribution is 6.04. The summed E-state index contributed by atoms with van der Waals surface area (Å²) in [5.41, 5.74) is 1.58. The maximum absolute atomic E-state index is 12.5. The Bertz CT molecular complexity index is 725. The molecule has 0 saturated carbocycles. The first-order valence-corrected chi connectivity index (χ1v) is 8.95. The first-order valence-electron chi connectivity index (χ1n) is 8.95. The molecule has 1 aromatic carbocycles. The molecule has 2 heterocycles. The van der Waals surface area contributed by atoms with Gasteiger partial charge in [-0.25, -0.2) is 4.98 Å². The van der Waals surface area contributed by atoms with Crippen LogP contribution in [-0.2, 0) is 4.74 Å². The van der Waals surface area contributed by atoms with E-state index in [0.29, 0.717) is 29.7 Å². The third-order valence-corrected chi connectivity index (χ3v) is 4.05. The van der Waals surface area contributed by atoms with Gasteiger partial charge in [0.25, 0.3) is 5.91 Å². The predicted molar refractivity (Wildman–Crippen MR) is 102 cm³/mol. The predicted octanol–water partition coefficient (Wildman–Crippen LogP) is 3.21. The van der Waals surface area contributed by atoms with Crippen molar-refractivity contribution in [2.24, 2.45) is 5.92 Å². The molecule has 1 fully saturated rings. The lowest BCUT2D eigenvalue weighted by Crippen LogP contribution is -2.36. The van der Waals surface area contributed by atoms with Crippen LogP contribution in [-0.4, -0.2) is 43.8 Å².